The molecule has 0 amide bonds. The number of benzene rings is 1. The van der Waals surface area contributed by atoms with Crippen molar-refractivity contribution >= 4 is 22.8 Å². The van der Waals surface area contributed by atoms with Gasteiger partial charge in [0.1, 0.15) is 0 Å². The first kappa shape index (κ1) is 14.1. The average Bonchev–Trinajstić information content (AvgIpc) is 2.30. The molecule has 0 bridgehead atoms. The molecule has 0 saturated heterocycles. The average molecular weight is 223 g/mol. The van der Waals surface area contributed by atoms with E-state index in [9.17, 15) is 0 Å². The number of anilines is 1. The van der Waals surface area contributed by atoms with E-state index in [0.29, 0.717) is 5.92 Å². The van der Waals surface area contributed by atoms with E-state index in [-0.39, 0.29) is 0 Å². The molecule has 1 aromatic rings. The molecule has 0 aliphatic carbocycles. The van der Waals surface area contributed by atoms with Crippen molar-refractivity contribution in [1.29, 1.82) is 0 Å². The number of rotatable bonds is 3. The summed E-state index contributed by atoms with van der Waals surface area (Å²) in [5, 5.41) is 3.14. The molecule has 0 aliphatic heterocycles. The Balaban J connectivity index is 0.000000921. The topological polar surface area (TPSA) is 12.0 Å². The molecule has 1 rings (SSSR count). The Morgan fingerprint density at radius 1 is 1.20 bits per heavy atom. The van der Waals surface area contributed by atoms with Gasteiger partial charge in [0.05, 0.1) is 0 Å². The molecule has 0 aliphatic rings. The van der Waals surface area contributed by atoms with E-state index >= 15 is 0 Å². The summed E-state index contributed by atoms with van der Waals surface area (Å²) in [6, 6.07) is 8.14. The third kappa shape index (κ3) is 4.00. The zero-order valence-corrected chi connectivity index (χ0v) is 11.1. The van der Waals surface area contributed by atoms with Gasteiger partial charge in [-0.3, -0.25) is 0 Å². The Hall–Kier alpha value is -0.890. The molecular weight excluding hydrogens is 202 g/mol. The highest BCUT2D eigenvalue weighted by Gasteiger charge is 2.08. The molecule has 0 unspecified atom stereocenters. The minimum atomic E-state index is 0.421. The van der Waals surface area contributed by atoms with Crippen molar-refractivity contribution in [1.82, 2.24) is 0 Å². The summed E-state index contributed by atoms with van der Waals surface area (Å²) in [7, 11) is 1.92. The Kier molecular flexibility index (Phi) is 6.97. The van der Waals surface area contributed by atoms with Crippen molar-refractivity contribution in [3.05, 3.63) is 29.8 Å². The number of hydrogen-bond donors (Lipinski definition) is 1. The normalized spacial score (nSPS) is 9.20. The maximum Gasteiger partial charge on any atom is 0.0422 e. The molecule has 84 valence electrons. The van der Waals surface area contributed by atoms with Crippen LogP contribution in [0.25, 0.3) is 0 Å². The standard InChI is InChI=1S/C11H15NS.C2H6/c1-8(2)11(13)9-6-4-5-7-10(9)12-3;1-2/h4-8,12H,1-3H3;1-2H3. The van der Waals surface area contributed by atoms with Crippen molar-refractivity contribution in [2.75, 3.05) is 12.4 Å². The molecule has 0 aromatic heterocycles. The maximum atomic E-state index is 5.36. The highest BCUT2D eigenvalue weighted by Crippen LogP contribution is 2.18. The van der Waals surface area contributed by atoms with Crippen LogP contribution < -0.4 is 5.32 Å². The van der Waals surface area contributed by atoms with Gasteiger partial charge in [0.2, 0.25) is 0 Å². The first-order chi connectivity index (χ1) is 7.16. The van der Waals surface area contributed by atoms with Gasteiger partial charge in [0.25, 0.3) is 0 Å². The largest absolute Gasteiger partial charge is 0.388 e. The molecule has 0 saturated carbocycles. The molecule has 0 radical (unpaired) electrons. The van der Waals surface area contributed by atoms with Crippen molar-refractivity contribution in [2.45, 2.75) is 27.7 Å². The lowest BCUT2D eigenvalue weighted by Crippen LogP contribution is -2.08. The van der Waals surface area contributed by atoms with Gasteiger partial charge in [-0.05, 0) is 12.0 Å². The highest BCUT2D eigenvalue weighted by atomic mass is 32.1. The molecule has 15 heavy (non-hydrogen) atoms. The van der Waals surface area contributed by atoms with Gasteiger partial charge in [0.15, 0.2) is 0 Å². The van der Waals surface area contributed by atoms with Crippen molar-refractivity contribution in [3.63, 3.8) is 0 Å². The third-order valence-electron chi connectivity index (χ3n) is 1.99. The first-order valence-corrected chi connectivity index (χ1v) is 5.88. The van der Waals surface area contributed by atoms with Crippen molar-refractivity contribution in [2.24, 2.45) is 5.92 Å². The van der Waals surface area contributed by atoms with Gasteiger partial charge in [0, 0.05) is 23.2 Å². The Morgan fingerprint density at radius 3 is 2.20 bits per heavy atom. The van der Waals surface area contributed by atoms with Crippen LogP contribution in [0.1, 0.15) is 33.3 Å². The van der Waals surface area contributed by atoms with Crippen molar-refractivity contribution in [3.8, 4) is 0 Å². The summed E-state index contributed by atoms with van der Waals surface area (Å²) in [4.78, 5) is 1.02. The third-order valence-corrected chi connectivity index (χ3v) is 2.68. The molecular formula is C13H21NS. The van der Waals surface area contributed by atoms with Gasteiger partial charge < -0.3 is 5.32 Å². The van der Waals surface area contributed by atoms with Crippen LogP contribution in [0.15, 0.2) is 24.3 Å². The highest BCUT2D eigenvalue weighted by molar-refractivity contribution is 7.80. The second-order valence-electron chi connectivity index (χ2n) is 3.31. The van der Waals surface area contributed by atoms with Crippen LogP contribution in [0.2, 0.25) is 0 Å². The zero-order chi connectivity index (χ0) is 11.8. The van der Waals surface area contributed by atoms with Crippen LogP contribution in [0, 0.1) is 5.92 Å². The van der Waals surface area contributed by atoms with E-state index in [2.05, 4.69) is 25.2 Å². The molecule has 0 spiro atoms. The lowest BCUT2D eigenvalue weighted by Gasteiger charge is -2.12. The predicted octanol–water partition coefficient (Wildman–Crippen LogP) is 4.13. The second-order valence-corrected chi connectivity index (χ2v) is 3.75. The molecule has 1 nitrogen and oxygen atoms in total. The van der Waals surface area contributed by atoms with E-state index in [1.165, 1.54) is 0 Å². The van der Waals surface area contributed by atoms with Gasteiger partial charge in [-0.25, -0.2) is 0 Å². The van der Waals surface area contributed by atoms with E-state index in [1.807, 2.05) is 39.1 Å². The van der Waals surface area contributed by atoms with Crippen LogP contribution in [0.4, 0.5) is 5.69 Å². The number of nitrogens with one attached hydrogen (secondary N) is 1. The summed E-state index contributed by atoms with van der Waals surface area (Å²) >= 11 is 5.36. The zero-order valence-electron chi connectivity index (χ0n) is 10.3. The fraction of sp³-hybridized carbons (Fsp3) is 0.462. The smallest absolute Gasteiger partial charge is 0.0422 e. The fourth-order valence-electron chi connectivity index (χ4n) is 1.23. The summed E-state index contributed by atoms with van der Waals surface area (Å²) in [6.07, 6.45) is 0. The molecule has 2 heteroatoms. The lowest BCUT2D eigenvalue weighted by atomic mass is 10.0. The molecule has 0 heterocycles. The molecule has 1 N–H and O–H groups in total. The van der Waals surface area contributed by atoms with Gasteiger partial charge in [-0.2, -0.15) is 0 Å². The minimum absolute atomic E-state index is 0.421. The van der Waals surface area contributed by atoms with Crippen LogP contribution in [-0.4, -0.2) is 11.9 Å². The predicted molar refractivity (Wildman–Crippen MR) is 73.9 cm³/mol. The Bertz CT molecular complexity index is 305. The van der Waals surface area contributed by atoms with Gasteiger partial charge in [-0.15, -0.1) is 0 Å². The quantitative estimate of drug-likeness (QED) is 0.611. The monoisotopic (exact) mass is 223 g/mol. The van der Waals surface area contributed by atoms with E-state index < -0.39 is 0 Å². The van der Waals surface area contributed by atoms with E-state index in [1.54, 1.807) is 0 Å². The van der Waals surface area contributed by atoms with E-state index in [4.69, 9.17) is 12.2 Å². The summed E-state index contributed by atoms with van der Waals surface area (Å²) < 4.78 is 0. The van der Waals surface area contributed by atoms with Crippen LogP contribution in [0.3, 0.4) is 0 Å². The second kappa shape index (κ2) is 7.41. The fourth-order valence-corrected chi connectivity index (χ4v) is 1.40. The molecule has 0 atom stereocenters. The summed E-state index contributed by atoms with van der Waals surface area (Å²) in [6.45, 7) is 8.24. The number of para-hydroxylation sites is 1. The lowest BCUT2D eigenvalue weighted by molar-refractivity contribution is 0.902. The van der Waals surface area contributed by atoms with Gasteiger partial charge >= 0.3 is 0 Å². The first-order valence-electron chi connectivity index (χ1n) is 5.47. The van der Waals surface area contributed by atoms with Gasteiger partial charge in [-0.1, -0.05) is 58.1 Å². The van der Waals surface area contributed by atoms with Crippen LogP contribution in [0.5, 0.6) is 0 Å². The number of thiocarbonyl (C=S) groups is 1. The van der Waals surface area contributed by atoms with Crippen LogP contribution >= 0.6 is 12.2 Å². The minimum Gasteiger partial charge on any atom is -0.388 e. The molecule has 1 aromatic carbocycles. The summed E-state index contributed by atoms with van der Waals surface area (Å²) in [5.74, 6) is 0.421. The van der Waals surface area contributed by atoms with Crippen LogP contribution in [-0.2, 0) is 0 Å². The molecule has 0 fully saturated rings. The summed E-state index contributed by atoms with van der Waals surface area (Å²) in [5.41, 5.74) is 2.26. The SMILES string of the molecule is CC.CNc1ccccc1C(=S)C(C)C. The Morgan fingerprint density at radius 2 is 1.73 bits per heavy atom. The number of hydrogen-bond acceptors (Lipinski definition) is 2. The van der Waals surface area contributed by atoms with E-state index in [0.717, 1.165) is 16.1 Å². The maximum absolute atomic E-state index is 5.36. The van der Waals surface area contributed by atoms with Crippen molar-refractivity contribution < 1.29 is 0 Å². The Labute approximate surface area is 98.9 Å².